The highest BCUT2D eigenvalue weighted by molar-refractivity contribution is 9.09. The van der Waals surface area contributed by atoms with Gasteiger partial charge in [0.25, 0.3) is 0 Å². The highest BCUT2D eigenvalue weighted by Crippen LogP contribution is 2.36. The Hall–Kier alpha value is -1.87. The Labute approximate surface area is 171 Å². The number of anilines is 2. The molecule has 3 rings (SSSR count). The third kappa shape index (κ3) is 5.32. The zero-order valence-corrected chi connectivity index (χ0v) is 17.5. The molecular weight excluding hydrogens is 398 g/mol. The van der Waals surface area contributed by atoms with Gasteiger partial charge < -0.3 is 0 Å². The van der Waals surface area contributed by atoms with Crippen LogP contribution in [0.1, 0.15) is 62.5 Å². The fourth-order valence-corrected chi connectivity index (χ4v) is 4.01. The fourth-order valence-electron chi connectivity index (χ4n) is 3.61. The smallest absolute Gasteiger partial charge is 0.231 e. The molecule has 0 aromatic heterocycles. The van der Waals surface area contributed by atoms with Crippen LogP contribution in [0.4, 0.5) is 11.4 Å². The van der Waals surface area contributed by atoms with Gasteiger partial charge >= 0.3 is 0 Å². The number of hydrogen-bond acceptors (Lipinski definition) is 1. The van der Waals surface area contributed by atoms with E-state index in [4.69, 9.17) is 0 Å². The molecule has 0 saturated carbocycles. The largest absolute Gasteiger partial charge is 0.280 e. The van der Waals surface area contributed by atoms with Crippen LogP contribution in [0.5, 0.6) is 0 Å². The second kappa shape index (κ2) is 10.5. The van der Waals surface area contributed by atoms with E-state index in [0.29, 0.717) is 6.42 Å². The standard InChI is InChI=1S/C24H28BrNO/c25-19-11-5-3-1-2-4-6-16-24(27)26-22-14-9-7-12-20(22)17-18-21-13-8-10-15-23(21)26/h7-10,12-15,17-18H,1-6,11,16,19H2. The van der Waals surface area contributed by atoms with Gasteiger partial charge in [0, 0.05) is 11.8 Å². The van der Waals surface area contributed by atoms with E-state index in [1.807, 2.05) is 41.3 Å². The predicted molar refractivity (Wildman–Crippen MR) is 120 cm³/mol. The van der Waals surface area contributed by atoms with Gasteiger partial charge in [-0.25, -0.2) is 0 Å². The Morgan fingerprint density at radius 3 is 1.74 bits per heavy atom. The summed E-state index contributed by atoms with van der Waals surface area (Å²) >= 11 is 3.48. The zero-order valence-electron chi connectivity index (χ0n) is 15.9. The first-order valence-corrected chi connectivity index (χ1v) is 11.2. The summed E-state index contributed by atoms with van der Waals surface area (Å²) < 4.78 is 0. The molecule has 142 valence electrons. The van der Waals surface area contributed by atoms with Crippen LogP contribution in [0.2, 0.25) is 0 Å². The monoisotopic (exact) mass is 425 g/mol. The van der Waals surface area contributed by atoms with Gasteiger partial charge in [0.2, 0.25) is 5.91 Å². The molecule has 0 fully saturated rings. The van der Waals surface area contributed by atoms with Gasteiger partial charge in [-0.2, -0.15) is 0 Å². The van der Waals surface area contributed by atoms with Crippen LogP contribution in [0.3, 0.4) is 0 Å². The molecule has 0 saturated heterocycles. The number of halogens is 1. The molecule has 1 heterocycles. The number of hydrogen-bond donors (Lipinski definition) is 0. The second-order valence-corrected chi connectivity index (χ2v) is 7.89. The normalized spacial score (nSPS) is 12.4. The van der Waals surface area contributed by atoms with Crippen LogP contribution < -0.4 is 4.90 Å². The van der Waals surface area contributed by atoms with Crippen molar-refractivity contribution in [3.63, 3.8) is 0 Å². The maximum Gasteiger partial charge on any atom is 0.231 e. The number of alkyl halides is 1. The van der Waals surface area contributed by atoms with Crippen molar-refractivity contribution < 1.29 is 4.79 Å². The average molecular weight is 426 g/mol. The minimum absolute atomic E-state index is 0.192. The summed E-state index contributed by atoms with van der Waals surface area (Å²) in [5.41, 5.74) is 4.15. The quantitative estimate of drug-likeness (QED) is 0.303. The number of carbonyl (C=O) groups is 1. The minimum Gasteiger partial charge on any atom is -0.280 e. The predicted octanol–water partition coefficient (Wildman–Crippen LogP) is 7.35. The lowest BCUT2D eigenvalue weighted by atomic mass is 10.1. The number of unbranched alkanes of at least 4 members (excludes halogenated alkanes) is 6. The van der Waals surface area contributed by atoms with E-state index in [1.54, 1.807) is 0 Å². The lowest BCUT2D eigenvalue weighted by Crippen LogP contribution is -2.26. The van der Waals surface area contributed by atoms with Crippen LogP contribution in [-0.4, -0.2) is 11.2 Å². The number of fused-ring (bicyclic) bond motifs is 2. The van der Waals surface area contributed by atoms with Gasteiger partial charge in [-0.15, -0.1) is 0 Å². The molecule has 0 N–H and O–H groups in total. The third-order valence-corrected chi connectivity index (χ3v) is 5.63. The van der Waals surface area contributed by atoms with Crippen LogP contribution in [0.25, 0.3) is 12.2 Å². The zero-order chi connectivity index (χ0) is 18.9. The molecule has 1 aliphatic rings. The van der Waals surface area contributed by atoms with E-state index in [0.717, 1.165) is 40.7 Å². The van der Waals surface area contributed by atoms with Gasteiger partial charge in [0.1, 0.15) is 0 Å². The fraction of sp³-hybridized carbons (Fsp3) is 0.375. The van der Waals surface area contributed by atoms with E-state index in [-0.39, 0.29) is 5.91 Å². The van der Waals surface area contributed by atoms with E-state index < -0.39 is 0 Å². The van der Waals surface area contributed by atoms with E-state index in [9.17, 15) is 4.79 Å². The second-order valence-electron chi connectivity index (χ2n) is 7.09. The molecule has 2 nitrogen and oxygen atoms in total. The van der Waals surface area contributed by atoms with Gasteiger partial charge in [-0.1, -0.05) is 96.6 Å². The van der Waals surface area contributed by atoms with Crippen molar-refractivity contribution >= 4 is 45.4 Å². The van der Waals surface area contributed by atoms with Crippen molar-refractivity contribution in [1.82, 2.24) is 0 Å². The lowest BCUT2D eigenvalue weighted by molar-refractivity contribution is -0.118. The van der Waals surface area contributed by atoms with Crippen LogP contribution in [0, 0.1) is 0 Å². The van der Waals surface area contributed by atoms with Gasteiger partial charge in [-0.05, 0) is 36.1 Å². The molecule has 2 aromatic rings. The summed E-state index contributed by atoms with van der Waals surface area (Å²) in [5.74, 6) is 0.192. The molecule has 0 atom stereocenters. The maximum absolute atomic E-state index is 13.1. The van der Waals surface area contributed by atoms with Crippen LogP contribution >= 0.6 is 15.9 Å². The summed E-state index contributed by atoms with van der Waals surface area (Å²) in [4.78, 5) is 15.1. The molecule has 0 radical (unpaired) electrons. The van der Waals surface area contributed by atoms with Crippen molar-refractivity contribution in [3.05, 3.63) is 59.7 Å². The topological polar surface area (TPSA) is 20.3 Å². The third-order valence-electron chi connectivity index (χ3n) is 5.07. The Morgan fingerprint density at radius 1 is 0.704 bits per heavy atom. The van der Waals surface area contributed by atoms with Gasteiger partial charge in [0.05, 0.1) is 11.4 Å². The number of nitrogens with zero attached hydrogens (tertiary/aromatic N) is 1. The number of rotatable bonds is 9. The first-order valence-electron chi connectivity index (χ1n) is 10.1. The maximum atomic E-state index is 13.1. The van der Waals surface area contributed by atoms with Crippen LogP contribution in [-0.2, 0) is 4.79 Å². The van der Waals surface area contributed by atoms with E-state index in [1.165, 1.54) is 32.1 Å². The molecule has 0 aliphatic carbocycles. The minimum atomic E-state index is 0.192. The highest BCUT2D eigenvalue weighted by atomic mass is 79.9. The Morgan fingerprint density at radius 2 is 1.19 bits per heavy atom. The van der Waals surface area contributed by atoms with Crippen LogP contribution in [0.15, 0.2) is 48.5 Å². The first kappa shape index (κ1) is 19.9. The van der Waals surface area contributed by atoms with Crippen molar-refractivity contribution in [1.29, 1.82) is 0 Å². The molecule has 27 heavy (non-hydrogen) atoms. The Kier molecular flexibility index (Phi) is 7.70. The number of carbonyl (C=O) groups excluding carboxylic acids is 1. The molecule has 1 aliphatic heterocycles. The van der Waals surface area contributed by atoms with Crippen molar-refractivity contribution in [3.8, 4) is 0 Å². The Bertz CT molecular complexity index is 734. The molecule has 0 bridgehead atoms. The molecule has 0 spiro atoms. The summed E-state index contributed by atoms with van der Waals surface area (Å²) in [6.07, 6.45) is 13.3. The van der Waals surface area contributed by atoms with Gasteiger partial charge in [-0.3, -0.25) is 9.69 Å². The number of benzene rings is 2. The summed E-state index contributed by atoms with van der Waals surface area (Å²) in [5, 5.41) is 1.11. The van der Waals surface area contributed by atoms with Crippen molar-refractivity contribution in [2.24, 2.45) is 0 Å². The number of para-hydroxylation sites is 2. The molecular formula is C24H28BrNO. The summed E-state index contributed by atoms with van der Waals surface area (Å²) in [6, 6.07) is 16.3. The SMILES string of the molecule is O=C(CCCCCCCCCBr)N1c2ccccc2C=Cc2ccccc21. The number of amides is 1. The molecule has 2 aromatic carbocycles. The highest BCUT2D eigenvalue weighted by Gasteiger charge is 2.23. The summed E-state index contributed by atoms with van der Waals surface area (Å²) in [7, 11) is 0. The summed E-state index contributed by atoms with van der Waals surface area (Å²) in [6.45, 7) is 0. The van der Waals surface area contributed by atoms with E-state index in [2.05, 4.69) is 40.2 Å². The Balaban J connectivity index is 1.63. The molecule has 3 heteroatoms. The first-order chi connectivity index (χ1) is 13.3. The molecule has 0 unspecified atom stereocenters. The van der Waals surface area contributed by atoms with E-state index >= 15 is 0 Å². The van der Waals surface area contributed by atoms with Crippen molar-refractivity contribution in [2.45, 2.75) is 51.4 Å². The molecule has 1 amide bonds. The average Bonchev–Trinajstić information content (AvgIpc) is 2.87. The van der Waals surface area contributed by atoms with Gasteiger partial charge in [0.15, 0.2) is 0 Å². The lowest BCUT2D eigenvalue weighted by Gasteiger charge is -2.25. The van der Waals surface area contributed by atoms with Crippen molar-refractivity contribution in [2.75, 3.05) is 10.2 Å².